The zero-order chi connectivity index (χ0) is 22.6. The molecule has 0 saturated carbocycles. The summed E-state index contributed by atoms with van der Waals surface area (Å²) in [5.74, 6) is -0.101. The van der Waals surface area contributed by atoms with Gasteiger partial charge in [-0.05, 0) is 78.8 Å². The number of rotatable bonds is 5. The van der Waals surface area contributed by atoms with Crippen LogP contribution in [0.15, 0.2) is 84.9 Å². The van der Waals surface area contributed by atoms with Gasteiger partial charge in [0.2, 0.25) is 0 Å². The SMILES string of the molecule is O=C(NCc1ccccc1Cl)c1ccc(-n2c(-c3ccccc3)cc3c2CCCCC3)cc1. The Morgan fingerprint density at radius 1 is 0.848 bits per heavy atom. The van der Waals surface area contributed by atoms with E-state index in [0.29, 0.717) is 17.1 Å². The van der Waals surface area contributed by atoms with Crippen LogP contribution in [0.3, 0.4) is 0 Å². The van der Waals surface area contributed by atoms with Gasteiger partial charge >= 0.3 is 0 Å². The van der Waals surface area contributed by atoms with Crippen LogP contribution in [-0.4, -0.2) is 10.5 Å². The lowest BCUT2D eigenvalue weighted by Crippen LogP contribution is -2.22. The predicted octanol–water partition coefficient (Wildman–Crippen LogP) is 7.00. The fraction of sp³-hybridized carbons (Fsp3) is 0.207. The third-order valence-corrected chi connectivity index (χ3v) is 6.78. The highest BCUT2D eigenvalue weighted by Crippen LogP contribution is 2.33. The maximum absolute atomic E-state index is 12.7. The Labute approximate surface area is 200 Å². The van der Waals surface area contributed by atoms with E-state index in [9.17, 15) is 4.79 Å². The van der Waals surface area contributed by atoms with Gasteiger partial charge in [-0.15, -0.1) is 0 Å². The summed E-state index contributed by atoms with van der Waals surface area (Å²) >= 11 is 6.21. The maximum Gasteiger partial charge on any atom is 0.251 e. The average Bonchev–Trinajstić information content (AvgIpc) is 3.06. The van der Waals surface area contributed by atoms with Crippen LogP contribution in [0.25, 0.3) is 16.9 Å². The van der Waals surface area contributed by atoms with E-state index in [1.165, 1.54) is 41.8 Å². The maximum atomic E-state index is 12.7. The van der Waals surface area contributed by atoms with E-state index in [4.69, 9.17) is 11.6 Å². The molecule has 0 saturated heterocycles. The molecule has 1 N–H and O–H groups in total. The number of fused-ring (bicyclic) bond motifs is 1. The van der Waals surface area contributed by atoms with Gasteiger partial charge < -0.3 is 9.88 Å². The Morgan fingerprint density at radius 2 is 1.58 bits per heavy atom. The van der Waals surface area contributed by atoms with E-state index in [-0.39, 0.29) is 5.91 Å². The minimum atomic E-state index is -0.101. The van der Waals surface area contributed by atoms with E-state index < -0.39 is 0 Å². The summed E-state index contributed by atoms with van der Waals surface area (Å²) in [5, 5.41) is 3.64. The number of aryl methyl sites for hydroxylation is 1. The molecular weight excluding hydrogens is 428 g/mol. The number of hydrogen-bond acceptors (Lipinski definition) is 1. The summed E-state index contributed by atoms with van der Waals surface area (Å²) in [6.45, 7) is 0.406. The van der Waals surface area contributed by atoms with Crippen molar-refractivity contribution in [2.45, 2.75) is 38.6 Å². The number of carbonyl (C=O) groups excluding carboxylic acids is 1. The number of amides is 1. The summed E-state index contributed by atoms with van der Waals surface area (Å²) in [5.41, 5.74) is 7.94. The molecule has 3 nitrogen and oxygen atoms in total. The van der Waals surface area contributed by atoms with Gasteiger partial charge in [-0.2, -0.15) is 0 Å². The van der Waals surface area contributed by atoms with Crippen molar-refractivity contribution in [1.82, 2.24) is 9.88 Å². The fourth-order valence-corrected chi connectivity index (χ4v) is 4.88. The molecule has 0 spiro atoms. The molecule has 5 rings (SSSR count). The number of benzene rings is 3. The van der Waals surface area contributed by atoms with Crippen molar-refractivity contribution in [1.29, 1.82) is 0 Å². The van der Waals surface area contributed by atoms with Crippen LogP contribution >= 0.6 is 11.6 Å². The molecule has 3 aromatic carbocycles. The van der Waals surface area contributed by atoms with Gasteiger partial charge in [0.05, 0.1) is 5.69 Å². The molecule has 0 fully saturated rings. The topological polar surface area (TPSA) is 34.0 Å². The largest absolute Gasteiger partial charge is 0.348 e. The summed E-state index contributed by atoms with van der Waals surface area (Å²) in [4.78, 5) is 12.7. The molecule has 4 aromatic rings. The highest BCUT2D eigenvalue weighted by Gasteiger charge is 2.19. The predicted molar refractivity (Wildman–Crippen MR) is 135 cm³/mol. The summed E-state index contributed by atoms with van der Waals surface area (Å²) in [7, 11) is 0. The molecule has 0 aliphatic heterocycles. The molecule has 1 aliphatic rings. The Balaban J connectivity index is 1.43. The standard InChI is InChI=1S/C29H27ClN2O/c30-26-13-8-7-12-24(26)20-31-29(33)22-15-17-25(18-16-22)32-27-14-6-2-5-11-23(27)19-28(32)21-9-3-1-4-10-21/h1,3-4,7-10,12-13,15-19H,2,5-6,11,14,20H2,(H,31,33). The van der Waals surface area contributed by atoms with Gasteiger partial charge in [0.15, 0.2) is 0 Å². The molecule has 33 heavy (non-hydrogen) atoms. The first-order valence-electron chi connectivity index (χ1n) is 11.6. The molecule has 4 heteroatoms. The zero-order valence-electron chi connectivity index (χ0n) is 18.6. The molecule has 166 valence electrons. The average molecular weight is 455 g/mol. The molecule has 1 aliphatic carbocycles. The summed E-state index contributed by atoms with van der Waals surface area (Å²) < 4.78 is 2.39. The minimum absolute atomic E-state index is 0.101. The van der Waals surface area contributed by atoms with Crippen molar-refractivity contribution in [3.63, 3.8) is 0 Å². The first-order valence-corrected chi connectivity index (χ1v) is 12.0. The van der Waals surface area contributed by atoms with E-state index >= 15 is 0 Å². The lowest BCUT2D eigenvalue weighted by Gasteiger charge is -2.15. The van der Waals surface area contributed by atoms with Gasteiger partial charge in [0, 0.05) is 28.5 Å². The molecule has 0 radical (unpaired) electrons. The van der Waals surface area contributed by atoms with Gasteiger partial charge in [-0.1, -0.05) is 66.6 Å². The Hall–Kier alpha value is -3.30. The zero-order valence-corrected chi connectivity index (χ0v) is 19.3. The van der Waals surface area contributed by atoms with Crippen LogP contribution < -0.4 is 5.32 Å². The lowest BCUT2D eigenvalue weighted by atomic mass is 10.1. The smallest absolute Gasteiger partial charge is 0.251 e. The van der Waals surface area contributed by atoms with Crippen molar-refractivity contribution in [3.05, 3.63) is 112 Å². The molecule has 0 unspecified atom stereocenters. The first kappa shape index (κ1) is 21.5. The lowest BCUT2D eigenvalue weighted by molar-refractivity contribution is 0.0951. The number of halogens is 1. The highest BCUT2D eigenvalue weighted by atomic mass is 35.5. The summed E-state index contributed by atoms with van der Waals surface area (Å²) in [6.07, 6.45) is 5.95. The van der Waals surface area contributed by atoms with Crippen molar-refractivity contribution in [3.8, 4) is 16.9 Å². The molecule has 1 aromatic heterocycles. The third kappa shape index (κ3) is 4.60. The van der Waals surface area contributed by atoms with Crippen LogP contribution in [0.5, 0.6) is 0 Å². The highest BCUT2D eigenvalue weighted by molar-refractivity contribution is 6.31. The van der Waals surface area contributed by atoms with Crippen LogP contribution in [-0.2, 0) is 19.4 Å². The number of carbonyl (C=O) groups is 1. The van der Waals surface area contributed by atoms with Gasteiger partial charge in [-0.3, -0.25) is 4.79 Å². The number of hydrogen-bond donors (Lipinski definition) is 1. The van der Waals surface area contributed by atoms with Crippen LogP contribution in [0.2, 0.25) is 5.02 Å². The number of aromatic nitrogens is 1. The van der Waals surface area contributed by atoms with Crippen molar-refractivity contribution in [2.75, 3.05) is 0 Å². The Kier molecular flexibility index (Phi) is 6.32. The van der Waals surface area contributed by atoms with Crippen LogP contribution in [0.4, 0.5) is 0 Å². The number of nitrogens with one attached hydrogen (secondary N) is 1. The Morgan fingerprint density at radius 3 is 2.36 bits per heavy atom. The van der Waals surface area contributed by atoms with Crippen LogP contribution in [0, 0.1) is 0 Å². The fourth-order valence-electron chi connectivity index (χ4n) is 4.67. The molecule has 0 bridgehead atoms. The second kappa shape index (κ2) is 9.68. The quantitative estimate of drug-likeness (QED) is 0.324. The minimum Gasteiger partial charge on any atom is -0.348 e. The van der Waals surface area contributed by atoms with Crippen molar-refractivity contribution < 1.29 is 4.79 Å². The molecule has 0 atom stereocenters. The Bertz CT molecular complexity index is 1260. The molecule has 1 heterocycles. The van der Waals surface area contributed by atoms with E-state index in [0.717, 1.165) is 24.1 Å². The van der Waals surface area contributed by atoms with Crippen LogP contribution in [0.1, 0.15) is 46.4 Å². The molecule has 1 amide bonds. The molecular formula is C29H27ClN2O. The van der Waals surface area contributed by atoms with E-state index in [1.54, 1.807) is 0 Å². The van der Waals surface area contributed by atoms with Gasteiger partial charge in [0.25, 0.3) is 5.91 Å². The monoisotopic (exact) mass is 454 g/mol. The van der Waals surface area contributed by atoms with Crippen molar-refractivity contribution in [2.24, 2.45) is 0 Å². The van der Waals surface area contributed by atoms with Gasteiger partial charge in [0.1, 0.15) is 0 Å². The van der Waals surface area contributed by atoms with E-state index in [2.05, 4.69) is 58.4 Å². The first-order chi connectivity index (χ1) is 16.2. The summed E-state index contributed by atoms with van der Waals surface area (Å²) in [6, 6.07) is 28.4. The van der Waals surface area contributed by atoms with Crippen molar-refractivity contribution >= 4 is 17.5 Å². The second-order valence-corrected chi connectivity index (χ2v) is 8.99. The normalized spacial score (nSPS) is 13.2. The van der Waals surface area contributed by atoms with Gasteiger partial charge in [-0.25, -0.2) is 0 Å². The second-order valence-electron chi connectivity index (χ2n) is 8.58. The van der Waals surface area contributed by atoms with E-state index in [1.807, 2.05) is 36.4 Å². The number of nitrogens with zero attached hydrogens (tertiary/aromatic N) is 1. The third-order valence-electron chi connectivity index (χ3n) is 6.41.